The van der Waals surface area contributed by atoms with E-state index in [1.807, 2.05) is 6.08 Å². The molecule has 0 atom stereocenters. The quantitative estimate of drug-likeness (QED) is 0.613. The van der Waals surface area contributed by atoms with Crippen molar-refractivity contribution in [3.63, 3.8) is 0 Å². The van der Waals surface area contributed by atoms with Gasteiger partial charge in [0, 0.05) is 26.2 Å². The molecule has 0 saturated carbocycles. The van der Waals surface area contributed by atoms with Crippen LogP contribution in [0.25, 0.3) is 0 Å². The van der Waals surface area contributed by atoms with Gasteiger partial charge in [0.05, 0.1) is 3.79 Å². The Morgan fingerprint density at radius 2 is 2.47 bits per heavy atom. The first kappa shape index (κ1) is 12.9. The molecule has 1 heterocycles. The maximum absolute atomic E-state index is 3.67. The van der Waals surface area contributed by atoms with Gasteiger partial charge in [0.25, 0.3) is 0 Å². The zero-order valence-electron chi connectivity index (χ0n) is 9.00. The second-order valence-electron chi connectivity index (χ2n) is 3.49. The van der Waals surface area contributed by atoms with Crippen molar-refractivity contribution in [2.75, 3.05) is 26.7 Å². The summed E-state index contributed by atoms with van der Waals surface area (Å²) < 4.78 is 1.20. The average molecular weight is 289 g/mol. The monoisotopic (exact) mass is 288 g/mol. The van der Waals surface area contributed by atoms with E-state index in [4.69, 9.17) is 0 Å². The molecule has 0 aliphatic carbocycles. The summed E-state index contributed by atoms with van der Waals surface area (Å²) >= 11 is 5.21. The highest BCUT2D eigenvalue weighted by atomic mass is 79.9. The van der Waals surface area contributed by atoms with Crippen molar-refractivity contribution in [3.05, 3.63) is 33.5 Å². The summed E-state index contributed by atoms with van der Waals surface area (Å²) in [5.41, 5.74) is 1.37. The molecule has 0 saturated heterocycles. The smallest absolute Gasteiger partial charge is 0.0701 e. The van der Waals surface area contributed by atoms with Gasteiger partial charge < -0.3 is 10.2 Å². The topological polar surface area (TPSA) is 15.3 Å². The molecule has 0 bridgehead atoms. The summed E-state index contributed by atoms with van der Waals surface area (Å²) in [5.74, 6) is 0. The number of rotatable bonds is 7. The van der Waals surface area contributed by atoms with Crippen molar-refractivity contribution in [2.45, 2.75) is 6.54 Å². The second kappa shape index (κ2) is 7.17. The number of hydrogen-bond donors (Lipinski definition) is 1. The lowest BCUT2D eigenvalue weighted by Gasteiger charge is -2.15. The zero-order chi connectivity index (χ0) is 11.1. The highest BCUT2D eigenvalue weighted by molar-refractivity contribution is 9.11. The van der Waals surface area contributed by atoms with Crippen LogP contribution >= 0.6 is 27.3 Å². The molecule has 84 valence electrons. The molecular formula is C11H17BrN2S. The number of nitrogens with zero attached hydrogens (tertiary/aromatic N) is 1. The van der Waals surface area contributed by atoms with Crippen molar-refractivity contribution in [2.24, 2.45) is 0 Å². The van der Waals surface area contributed by atoms with E-state index < -0.39 is 0 Å². The third-order valence-corrected chi connectivity index (χ3v) is 3.59. The fraction of sp³-hybridized carbons (Fsp3) is 0.455. The molecule has 15 heavy (non-hydrogen) atoms. The van der Waals surface area contributed by atoms with Crippen molar-refractivity contribution in [1.29, 1.82) is 0 Å². The molecule has 0 radical (unpaired) electrons. The van der Waals surface area contributed by atoms with Crippen LogP contribution in [-0.2, 0) is 6.54 Å². The van der Waals surface area contributed by atoms with Crippen LogP contribution < -0.4 is 5.32 Å². The molecule has 0 spiro atoms. The highest BCUT2D eigenvalue weighted by Crippen LogP contribution is 2.21. The Morgan fingerprint density at radius 1 is 1.67 bits per heavy atom. The third kappa shape index (κ3) is 5.47. The first-order valence-electron chi connectivity index (χ1n) is 4.95. The summed E-state index contributed by atoms with van der Waals surface area (Å²) in [5, 5.41) is 5.48. The zero-order valence-corrected chi connectivity index (χ0v) is 11.4. The number of nitrogens with one attached hydrogen (secondary N) is 1. The lowest BCUT2D eigenvalue weighted by Crippen LogP contribution is -2.28. The molecule has 0 amide bonds. The standard InChI is InChI=1S/C11H17BrN2S/c1-3-4-13-5-6-14(2)8-10-7-11(12)15-9-10/h3,7,9,13H,1,4-6,8H2,2H3. The molecule has 0 unspecified atom stereocenters. The summed E-state index contributed by atoms with van der Waals surface area (Å²) in [6.07, 6.45) is 1.88. The Bertz CT molecular complexity index is 299. The van der Waals surface area contributed by atoms with Gasteiger partial charge in [-0.05, 0) is 40.0 Å². The Morgan fingerprint density at radius 3 is 3.07 bits per heavy atom. The number of halogens is 1. The molecule has 0 aliphatic heterocycles. The maximum atomic E-state index is 3.67. The first-order valence-corrected chi connectivity index (χ1v) is 6.62. The van der Waals surface area contributed by atoms with Crippen molar-refractivity contribution < 1.29 is 0 Å². The maximum Gasteiger partial charge on any atom is 0.0701 e. The van der Waals surface area contributed by atoms with E-state index in [0.717, 1.165) is 26.2 Å². The molecule has 0 fully saturated rings. The van der Waals surface area contributed by atoms with Gasteiger partial charge in [-0.3, -0.25) is 0 Å². The van der Waals surface area contributed by atoms with Crippen molar-refractivity contribution >= 4 is 27.3 Å². The van der Waals surface area contributed by atoms with E-state index in [1.54, 1.807) is 11.3 Å². The van der Waals surface area contributed by atoms with E-state index in [-0.39, 0.29) is 0 Å². The predicted octanol–water partition coefficient (Wildman–Crippen LogP) is 2.72. The Kier molecular flexibility index (Phi) is 6.17. The van der Waals surface area contributed by atoms with E-state index in [2.05, 4.69) is 51.2 Å². The number of likely N-dealkylation sites (N-methyl/N-ethyl adjacent to an activating group) is 1. The SMILES string of the molecule is C=CCNCCN(C)Cc1csc(Br)c1. The minimum Gasteiger partial charge on any atom is -0.312 e. The molecule has 1 aromatic rings. The van der Waals surface area contributed by atoms with E-state index in [1.165, 1.54) is 9.35 Å². The van der Waals surface area contributed by atoms with Gasteiger partial charge >= 0.3 is 0 Å². The van der Waals surface area contributed by atoms with Gasteiger partial charge in [0.1, 0.15) is 0 Å². The lowest BCUT2D eigenvalue weighted by atomic mass is 10.3. The Labute approximate surface area is 104 Å². The fourth-order valence-electron chi connectivity index (χ4n) is 1.29. The average Bonchev–Trinajstić information content (AvgIpc) is 2.59. The van der Waals surface area contributed by atoms with Crippen LogP contribution in [0, 0.1) is 0 Å². The van der Waals surface area contributed by atoms with Crippen molar-refractivity contribution in [1.82, 2.24) is 10.2 Å². The van der Waals surface area contributed by atoms with Crippen molar-refractivity contribution in [3.8, 4) is 0 Å². The van der Waals surface area contributed by atoms with Gasteiger partial charge in [-0.15, -0.1) is 17.9 Å². The van der Waals surface area contributed by atoms with E-state index >= 15 is 0 Å². The van der Waals surface area contributed by atoms with Crippen LogP contribution in [0.2, 0.25) is 0 Å². The molecule has 2 nitrogen and oxygen atoms in total. The molecular weight excluding hydrogens is 272 g/mol. The molecule has 0 aliphatic rings. The Hall–Kier alpha value is -0.160. The van der Waals surface area contributed by atoms with Gasteiger partial charge in [-0.1, -0.05) is 6.08 Å². The van der Waals surface area contributed by atoms with Gasteiger partial charge in [-0.2, -0.15) is 0 Å². The Balaban J connectivity index is 2.18. The highest BCUT2D eigenvalue weighted by Gasteiger charge is 2.01. The van der Waals surface area contributed by atoms with Crippen LogP contribution in [0.4, 0.5) is 0 Å². The predicted molar refractivity (Wildman–Crippen MR) is 71.4 cm³/mol. The van der Waals surface area contributed by atoms with Crippen LogP contribution in [0.5, 0.6) is 0 Å². The van der Waals surface area contributed by atoms with Gasteiger partial charge in [-0.25, -0.2) is 0 Å². The minimum atomic E-state index is 0.887. The van der Waals surface area contributed by atoms with Crippen LogP contribution in [0.15, 0.2) is 27.9 Å². The summed E-state index contributed by atoms with van der Waals surface area (Å²) in [6.45, 7) is 7.63. The normalized spacial score (nSPS) is 10.9. The number of hydrogen-bond acceptors (Lipinski definition) is 3. The largest absolute Gasteiger partial charge is 0.312 e. The molecule has 1 N–H and O–H groups in total. The molecule has 1 aromatic heterocycles. The van der Waals surface area contributed by atoms with Crippen LogP contribution in [0.3, 0.4) is 0 Å². The molecule has 0 aromatic carbocycles. The van der Waals surface area contributed by atoms with Crippen LogP contribution in [-0.4, -0.2) is 31.6 Å². The first-order chi connectivity index (χ1) is 7.22. The minimum absolute atomic E-state index is 0.887. The third-order valence-electron chi connectivity index (χ3n) is 2.03. The summed E-state index contributed by atoms with van der Waals surface area (Å²) in [4.78, 5) is 2.31. The van der Waals surface area contributed by atoms with E-state index in [0.29, 0.717) is 0 Å². The lowest BCUT2D eigenvalue weighted by molar-refractivity contribution is 0.327. The fourth-order valence-corrected chi connectivity index (χ4v) is 2.49. The van der Waals surface area contributed by atoms with Crippen LogP contribution in [0.1, 0.15) is 5.56 Å². The summed E-state index contributed by atoms with van der Waals surface area (Å²) in [7, 11) is 2.14. The molecule has 4 heteroatoms. The van der Waals surface area contributed by atoms with Gasteiger partial charge in [0.2, 0.25) is 0 Å². The van der Waals surface area contributed by atoms with Gasteiger partial charge in [0.15, 0.2) is 0 Å². The number of thiophene rings is 1. The van der Waals surface area contributed by atoms with E-state index in [9.17, 15) is 0 Å². The second-order valence-corrected chi connectivity index (χ2v) is 5.78. The molecule has 1 rings (SSSR count). The summed E-state index contributed by atoms with van der Waals surface area (Å²) in [6, 6.07) is 2.18.